The smallest absolute Gasteiger partial charge is 0.235 e. The van der Waals surface area contributed by atoms with Crippen molar-refractivity contribution in [1.82, 2.24) is 0 Å². The van der Waals surface area contributed by atoms with E-state index in [-0.39, 0.29) is 0 Å². The molecule has 0 aliphatic rings. The number of aliphatic imine (C=N–C) groups is 1. The Morgan fingerprint density at radius 1 is 1.38 bits per heavy atom. The van der Waals surface area contributed by atoms with Crippen LogP contribution in [0.25, 0.3) is 0 Å². The van der Waals surface area contributed by atoms with E-state index >= 15 is 0 Å². The Bertz CT molecular complexity index is 414. The van der Waals surface area contributed by atoms with E-state index in [1.807, 2.05) is 12.1 Å². The zero-order valence-electron chi connectivity index (χ0n) is 9.12. The van der Waals surface area contributed by atoms with E-state index in [4.69, 9.17) is 9.47 Å². The molecule has 16 heavy (non-hydrogen) atoms. The predicted octanol–water partition coefficient (Wildman–Crippen LogP) is 2.44. The van der Waals surface area contributed by atoms with Gasteiger partial charge < -0.3 is 9.47 Å². The van der Waals surface area contributed by atoms with Gasteiger partial charge in [-0.15, -0.1) is 0 Å². The number of hydrogen-bond donors (Lipinski definition) is 0. The summed E-state index contributed by atoms with van der Waals surface area (Å²) in [6.07, 6.45) is 1.52. The molecule has 0 aromatic heterocycles. The predicted molar refractivity (Wildman–Crippen MR) is 63.2 cm³/mol. The van der Waals surface area contributed by atoms with E-state index in [1.54, 1.807) is 14.2 Å². The molecule has 1 aromatic carbocycles. The molecule has 0 heterocycles. The normalized spacial score (nSPS) is 9.69. The quantitative estimate of drug-likeness (QED) is 0.617. The van der Waals surface area contributed by atoms with E-state index in [0.29, 0.717) is 13.2 Å². The Morgan fingerprint density at radius 3 is 2.69 bits per heavy atom. The monoisotopic (exact) mass is 285 g/mol. The topological polar surface area (TPSA) is 47.9 Å². The highest BCUT2D eigenvalue weighted by Crippen LogP contribution is 2.29. The van der Waals surface area contributed by atoms with Crippen LogP contribution in [0.2, 0.25) is 0 Å². The van der Waals surface area contributed by atoms with Crippen LogP contribution in [0.15, 0.2) is 21.6 Å². The van der Waals surface area contributed by atoms with E-state index in [0.717, 1.165) is 21.3 Å². The fourth-order valence-corrected chi connectivity index (χ4v) is 1.90. The van der Waals surface area contributed by atoms with Gasteiger partial charge in [-0.25, -0.2) is 9.79 Å². The van der Waals surface area contributed by atoms with Crippen LogP contribution in [0.4, 0.5) is 0 Å². The highest BCUT2D eigenvalue weighted by Gasteiger charge is 2.08. The molecule has 0 saturated heterocycles. The molecule has 0 bridgehead atoms. The van der Waals surface area contributed by atoms with Gasteiger partial charge in [-0.2, -0.15) is 0 Å². The summed E-state index contributed by atoms with van der Waals surface area (Å²) in [4.78, 5) is 13.7. The number of hydrogen-bond acceptors (Lipinski definition) is 4. The molecular weight excluding hydrogens is 274 g/mol. The van der Waals surface area contributed by atoms with Gasteiger partial charge >= 0.3 is 0 Å². The lowest BCUT2D eigenvalue weighted by atomic mass is 10.1. The van der Waals surface area contributed by atoms with Crippen molar-refractivity contribution in [2.75, 3.05) is 14.2 Å². The average Bonchev–Trinajstić information content (AvgIpc) is 2.29. The summed E-state index contributed by atoms with van der Waals surface area (Å²) in [6.45, 7) is 0.748. The third-order valence-electron chi connectivity index (χ3n) is 2.09. The lowest BCUT2D eigenvalue weighted by Crippen LogP contribution is -1.97. The molecule has 0 aliphatic heterocycles. The second-order valence-corrected chi connectivity index (χ2v) is 3.95. The van der Waals surface area contributed by atoms with Crippen molar-refractivity contribution in [3.05, 3.63) is 27.7 Å². The highest BCUT2D eigenvalue weighted by atomic mass is 79.9. The summed E-state index contributed by atoms with van der Waals surface area (Å²) >= 11 is 3.38. The van der Waals surface area contributed by atoms with E-state index in [1.165, 1.54) is 6.08 Å². The molecule has 0 spiro atoms. The van der Waals surface area contributed by atoms with Gasteiger partial charge in [0.1, 0.15) is 5.75 Å². The Hall–Kier alpha value is -1.16. The molecule has 0 saturated carbocycles. The minimum Gasteiger partial charge on any atom is -0.496 e. The van der Waals surface area contributed by atoms with Gasteiger partial charge in [-0.1, -0.05) is 0 Å². The Labute approximate surface area is 102 Å². The van der Waals surface area contributed by atoms with Crippen LogP contribution in [0.5, 0.6) is 5.75 Å². The number of ether oxygens (including phenoxy) is 2. The van der Waals surface area contributed by atoms with Gasteiger partial charge in [0.2, 0.25) is 6.08 Å². The zero-order valence-corrected chi connectivity index (χ0v) is 10.7. The maximum absolute atomic E-state index is 10.1. The Morgan fingerprint density at radius 2 is 2.12 bits per heavy atom. The number of carbonyl (C=O) groups excluding carboxylic acids is 1. The summed E-state index contributed by atoms with van der Waals surface area (Å²) < 4.78 is 11.1. The zero-order chi connectivity index (χ0) is 12.0. The van der Waals surface area contributed by atoms with Crippen molar-refractivity contribution < 1.29 is 14.3 Å². The number of methoxy groups -OCH3 is 2. The fourth-order valence-electron chi connectivity index (χ4n) is 1.35. The van der Waals surface area contributed by atoms with Gasteiger partial charge in [-0.3, -0.25) is 0 Å². The number of halogens is 1. The van der Waals surface area contributed by atoms with Crippen molar-refractivity contribution >= 4 is 22.0 Å². The van der Waals surface area contributed by atoms with Gasteiger partial charge in [0, 0.05) is 7.11 Å². The summed E-state index contributed by atoms with van der Waals surface area (Å²) in [7, 11) is 3.21. The SMILES string of the molecule is COCc1cc(OC)c(Br)cc1CN=C=O. The molecule has 1 aromatic rings. The molecule has 86 valence electrons. The van der Waals surface area contributed by atoms with Gasteiger partial charge in [0.25, 0.3) is 0 Å². The second kappa shape index (κ2) is 6.43. The third kappa shape index (κ3) is 3.17. The molecule has 0 amide bonds. The van der Waals surface area contributed by atoms with Crippen LogP contribution in [-0.4, -0.2) is 20.3 Å². The molecule has 1 rings (SSSR count). The molecule has 5 heteroatoms. The maximum atomic E-state index is 10.1. The van der Waals surface area contributed by atoms with Crippen molar-refractivity contribution in [2.45, 2.75) is 13.2 Å². The van der Waals surface area contributed by atoms with Crippen LogP contribution in [-0.2, 0) is 22.7 Å². The minimum absolute atomic E-state index is 0.296. The number of isocyanates is 1. The van der Waals surface area contributed by atoms with E-state index in [9.17, 15) is 4.79 Å². The van der Waals surface area contributed by atoms with Crippen molar-refractivity contribution in [1.29, 1.82) is 0 Å². The first-order valence-corrected chi connectivity index (χ1v) is 5.40. The Kier molecular flexibility index (Phi) is 5.19. The summed E-state index contributed by atoms with van der Waals surface area (Å²) in [6, 6.07) is 3.73. The third-order valence-corrected chi connectivity index (χ3v) is 2.71. The van der Waals surface area contributed by atoms with Crippen LogP contribution in [0, 0.1) is 0 Å². The van der Waals surface area contributed by atoms with Crippen LogP contribution in [0.1, 0.15) is 11.1 Å². The molecule has 4 nitrogen and oxygen atoms in total. The molecule has 0 radical (unpaired) electrons. The van der Waals surface area contributed by atoms with Crippen LogP contribution in [0.3, 0.4) is 0 Å². The minimum atomic E-state index is 0.296. The molecule has 0 fully saturated rings. The fraction of sp³-hybridized carbons (Fsp3) is 0.364. The number of benzene rings is 1. The lowest BCUT2D eigenvalue weighted by molar-refractivity contribution is 0.184. The lowest BCUT2D eigenvalue weighted by Gasteiger charge is -2.10. The first kappa shape index (κ1) is 12.9. The van der Waals surface area contributed by atoms with Gasteiger partial charge in [0.15, 0.2) is 0 Å². The average molecular weight is 286 g/mol. The first-order valence-electron chi connectivity index (χ1n) is 4.60. The van der Waals surface area contributed by atoms with Crippen molar-refractivity contribution in [3.63, 3.8) is 0 Å². The highest BCUT2D eigenvalue weighted by molar-refractivity contribution is 9.10. The van der Waals surface area contributed by atoms with Crippen LogP contribution < -0.4 is 4.74 Å². The van der Waals surface area contributed by atoms with E-state index in [2.05, 4.69) is 20.9 Å². The second-order valence-electron chi connectivity index (χ2n) is 3.10. The summed E-state index contributed by atoms with van der Waals surface area (Å²) in [5.74, 6) is 0.728. The number of nitrogens with zero attached hydrogens (tertiary/aromatic N) is 1. The standard InChI is InChI=1S/C11H12BrNO3/c1-15-6-9-4-11(16-2)10(12)3-8(9)5-13-7-14/h3-4H,5-6H2,1-2H3. The van der Waals surface area contributed by atoms with Crippen molar-refractivity contribution in [3.8, 4) is 5.75 Å². The summed E-state index contributed by atoms with van der Waals surface area (Å²) in [5, 5.41) is 0. The molecule has 0 atom stereocenters. The molecular formula is C11H12BrNO3. The van der Waals surface area contributed by atoms with Gasteiger partial charge in [0.05, 0.1) is 24.7 Å². The van der Waals surface area contributed by atoms with Crippen LogP contribution >= 0.6 is 15.9 Å². The molecule has 0 N–H and O–H groups in total. The largest absolute Gasteiger partial charge is 0.496 e. The maximum Gasteiger partial charge on any atom is 0.235 e. The van der Waals surface area contributed by atoms with E-state index < -0.39 is 0 Å². The first-order chi connectivity index (χ1) is 7.72. The number of rotatable bonds is 5. The molecule has 0 aliphatic carbocycles. The Balaban J connectivity index is 3.12. The van der Waals surface area contributed by atoms with Crippen molar-refractivity contribution in [2.24, 2.45) is 4.99 Å². The summed E-state index contributed by atoms with van der Waals surface area (Å²) in [5.41, 5.74) is 1.86. The van der Waals surface area contributed by atoms with Gasteiger partial charge in [-0.05, 0) is 39.2 Å². The molecule has 0 unspecified atom stereocenters.